The summed E-state index contributed by atoms with van der Waals surface area (Å²) in [6.45, 7) is 7.21. The van der Waals surface area contributed by atoms with Crippen molar-refractivity contribution in [2.24, 2.45) is 0 Å². The SMILES string of the molecule is Cc1oc2ccc(OCc3ccccc3)cc2c1C(=O)N[C@@H]1CN(C(=O)OC(C)(C)C)C[C@@H]1F. The Kier molecular flexibility index (Phi) is 6.50. The molecule has 7 nitrogen and oxygen atoms in total. The van der Waals surface area contributed by atoms with E-state index in [0.29, 0.717) is 34.6 Å². The number of furan rings is 1. The molecular formula is C26H29FN2O5. The maximum absolute atomic E-state index is 14.7. The van der Waals surface area contributed by atoms with Crippen molar-refractivity contribution < 1.29 is 27.9 Å². The Morgan fingerprint density at radius 3 is 2.59 bits per heavy atom. The minimum atomic E-state index is -1.40. The summed E-state index contributed by atoms with van der Waals surface area (Å²) in [7, 11) is 0. The van der Waals surface area contributed by atoms with Gasteiger partial charge in [0.15, 0.2) is 0 Å². The van der Waals surface area contributed by atoms with E-state index in [1.54, 1.807) is 45.9 Å². The molecule has 2 atom stereocenters. The fourth-order valence-electron chi connectivity index (χ4n) is 3.93. The van der Waals surface area contributed by atoms with Crippen LogP contribution in [0.3, 0.4) is 0 Å². The first-order valence-corrected chi connectivity index (χ1v) is 11.2. The Bertz CT molecular complexity index is 1190. The van der Waals surface area contributed by atoms with Gasteiger partial charge in [-0.15, -0.1) is 0 Å². The Hall–Kier alpha value is -3.55. The number of fused-ring (bicyclic) bond motifs is 1. The lowest BCUT2D eigenvalue weighted by molar-refractivity contribution is 0.0281. The van der Waals surface area contributed by atoms with Crippen LogP contribution in [-0.2, 0) is 11.3 Å². The molecular weight excluding hydrogens is 439 g/mol. The highest BCUT2D eigenvalue weighted by atomic mass is 19.1. The maximum atomic E-state index is 14.7. The van der Waals surface area contributed by atoms with Crippen molar-refractivity contribution in [3.63, 3.8) is 0 Å². The summed E-state index contributed by atoms with van der Waals surface area (Å²) >= 11 is 0. The Labute approximate surface area is 197 Å². The van der Waals surface area contributed by atoms with Crippen molar-refractivity contribution in [2.75, 3.05) is 13.1 Å². The fourth-order valence-corrected chi connectivity index (χ4v) is 3.93. The van der Waals surface area contributed by atoms with Crippen LogP contribution in [0.2, 0.25) is 0 Å². The highest BCUT2D eigenvalue weighted by Gasteiger charge is 2.38. The van der Waals surface area contributed by atoms with Gasteiger partial charge in [-0.05, 0) is 51.5 Å². The van der Waals surface area contributed by atoms with Crippen LogP contribution in [0.15, 0.2) is 52.9 Å². The summed E-state index contributed by atoms with van der Waals surface area (Å²) in [5.74, 6) is 0.548. The van der Waals surface area contributed by atoms with Crippen LogP contribution in [-0.4, -0.2) is 47.8 Å². The molecule has 1 fully saturated rings. The largest absolute Gasteiger partial charge is 0.489 e. The van der Waals surface area contributed by atoms with Crippen LogP contribution in [0.1, 0.15) is 42.5 Å². The molecule has 0 saturated carbocycles. The average Bonchev–Trinajstić information content (AvgIpc) is 3.30. The molecule has 3 aromatic rings. The predicted molar refractivity (Wildman–Crippen MR) is 126 cm³/mol. The molecule has 0 unspecified atom stereocenters. The Balaban J connectivity index is 1.47. The number of ether oxygens (including phenoxy) is 2. The van der Waals surface area contributed by atoms with E-state index in [2.05, 4.69) is 5.32 Å². The lowest BCUT2D eigenvalue weighted by Crippen LogP contribution is -2.42. The van der Waals surface area contributed by atoms with Crippen LogP contribution >= 0.6 is 0 Å². The number of benzene rings is 2. The molecule has 0 bridgehead atoms. The highest BCUT2D eigenvalue weighted by molar-refractivity contribution is 6.07. The molecule has 1 aromatic heterocycles. The molecule has 1 N–H and O–H groups in total. The predicted octanol–water partition coefficient (Wildman–Crippen LogP) is 5.01. The number of rotatable bonds is 5. The third kappa shape index (κ3) is 5.32. The molecule has 8 heteroatoms. The number of amides is 2. The van der Waals surface area contributed by atoms with Gasteiger partial charge in [-0.2, -0.15) is 0 Å². The zero-order chi connectivity index (χ0) is 24.5. The maximum Gasteiger partial charge on any atom is 0.410 e. The molecule has 1 aliphatic rings. The molecule has 2 aromatic carbocycles. The van der Waals surface area contributed by atoms with E-state index < -0.39 is 29.8 Å². The van der Waals surface area contributed by atoms with Crippen LogP contribution in [0.25, 0.3) is 11.0 Å². The van der Waals surface area contributed by atoms with Gasteiger partial charge in [0.25, 0.3) is 5.91 Å². The third-order valence-corrected chi connectivity index (χ3v) is 5.53. The first-order valence-electron chi connectivity index (χ1n) is 11.2. The van der Waals surface area contributed by atoms with Gasteiger partial charge in [-0.25, -0.2) is 9.18 Å². The van der Waals surface area contributed by atoms with E-state index in [1.807, 2.05) is 30.3 Å². The summed E-state index contributed by atoms with van der Waals surface area (Å²) in [5.41, 5.74) is 1.20. The summed E-state index contributed by atoms with van der Waals surface area (Å²) in [5, 5.41) is 3.31. The van der Waals surface area contributed by atoms with Gasteiger partial charge in [0, 0.05) is 11.9 Å². The summed E-state index contributed by atoms with van der Waals surface area (Å²) in [6, 6.07) is 14.2. The monoisotopic (exact) mass is 468 g/mol. The zero-order valence-electron chi connectivity index (χ0n) is 19.8. The van der Waals surface area contributed by atoms with Gasteiger partial charge in [0.05, 0.1) is 18.2 Å². The normalized spacial score (nSPS) is 18.2. The minimum Gasteiger partial charge on any atom is -0.489 e. The molecule has 4 rings (SSSR count). The summed E-state index contributed by atoms with van der Waals surface area (Å²) < 4.78 is 31.6. The third-order valence-electron chi connectivity index (χ3n) is 5.53. The summed E-state index contributed by atoms with van der Waals surface area (Å²) in [4.78, 5) is 26.7. The molecule has 0 spiro atoms. The first-order chi connectivity index (χ1) is 16.1. The van der Waals surface area contributed by atoms with E-state index in [0.717, 1.165) is 5.56 Å². The van der Waals surface area contributed by atoms with Crippen molar-refractivity contribution in [2.45, 2.75) is 52.1 Å². The smallest absolute Gasteiger partial charge is 0.410 e. The molecule has 2 heterocycles. The second-order valence-electron chi connectivity index (χ2n) is 9.45. The van der Waals surface area contributed by atoms with E-state index in [4.69, 9.17) is 13.9 Å². The number of nitrogens with one attached hydrogen (secondary N) is 1. The van der Waals surface area contributed by atoms with E-state index in [1.165, 1.54) is 4.90 Å². The lowest BCUT2D eigenvalue weighted by Gasteiger charge is -2.24. The molecule has 180 valence electrons. The van der Waals surface area contributed by atoms with Crippen LogP contribution in [0, 0.1) is 6.92 Å². The molecule has 2 amide bonds. The van der Waals surface area contributed by atoms with Crippen molar-refractivity contribution in [1.29, 1.82) is 0 Å². The molecule has 1 saturated heterocycles. The van der Waals surface area contributed by atoms with Gasteiger partial charge in [0.2, 0.25) is 0 Å². The molecule has 1 aliphatic heterocycles. The quantitative estimate of drug-likeness (QED) is 0.570. The molecule has 0 aliphatic carbocycles. The van der Waals surface area contributed by atoms with E-state index in [9.17, 15) is 14.0 Å². The van der Waals surface area contributed by atoms with Crippen molar-refractivity contribution in [3.05, 3.63) is 65.4 Å². The zero-order valence-corrected chi connectivity index (χ0v) is 19.8. The van der Waals surface area contributed by atoms with Crippen LogP contribution < -0.4 is 10.1 Å². The molecule has 34 heavy (non-hydrogen) atoms. The van der Waals surface area contributed by atoms with Gasteiger partial charge in [-0.1, -0.05) is 30.3 Å². The standard InChI is InChI=1S/C26H29FN2O5/c1-16-23(24(30)28-21-14-29(13-20(21)27)25(31)34-26(2,3)4)19-12-18(10-11-22(19)33-16)32-15-17-8-6-5-7-9-17/h5-12,20-21H,13-15H2,1-4H3,(H,28,30)/t20-,21+/m0/s1. The van der Waals surface area contributed by atoms with Crippen molar-refractivity contribution >= 4 is 23.0 Å². The number of likely N-dealkylation sites (tertiary alicyclic amines) is 1. The number of hydrogen-bond acceptors (Lipinski definition) is 5. The van der Waals surface area contributed by atoms with E-state index >= 15 is 0 Å². The van der Waals surface area contributed by atoms with Gasteiger partial charge < -0.3 is 24.1 Å². The average molecular weight is 469 g/mol. The van der Waals surface area contributed by atoms with Crippen molar-refractivity contribution in [3.8, 4) is 5.75 Å². The number of hydrogen-bond donors (Lipinski definition) is 1. The summed E-state index contributed by atoms with van der Waals surface area (Å²) in [6.07, 6.45) is -2.00. The number of carbonyl (C=O) groups excluding carboxylic acids is 2. The number of nitrogens with zero attached hydrogens (tertiary/aromatic N) is 1. The van der Waals surface area contributed by atoms with Gasteiger partial charge >= 0.3 is 6.09 Å². The Morgan fingerprint density at radius 2 is 1.88 bits per heavy atom. The second kappa shape index (κ2) is 9.37. The number of halogens is 1. The van der Waals surface area contributed by atoms with Gasteiger partial charge in [-0.3, -0.25) is 4.79 Å². The van der Waals surface area contributed by atoms with E-state index in [-0.39, 0.29) is 13.1 Å². The number of aryl methyl sites for hydroxylation is 1. The number of carbonyl (C=O) groups is 2. The van der Waals surface area contributed by atoms with Gasteiger partial charge in [0.1, 0.15) is 35.5 Å². The Morgan fingerprint density at radius 1 is 1.15 bits per heavy atom. The fraction of sp³-hybridized carbons (Fsp3) is 0.385. The van der Waals surface area contributed by atoms with Crippen LogP contribution in [0.5, 0.6) is 5.75 Å². The second-order valence-corrected chi connectivity index (χ2v) is 9.45. The highest BCUT2D eigenvalue weighted by Crippen LogP contribution is 2.30. The number of alkyl halides is 1. The molecule has 0 radical (unpaired) electrons. The van der Waals surface area contributed by atoms with Crippen molar-refractivity contribution in [1.82, 2.24) is 10.2 Å². The van der Waals surface area contributed by atoms with Crippen LogP contribution in [0.4, 0.5) is 9.18 Å². The lowest BCUT2D eigenvalue weighted by atomic mass is 10.1. The minimum absolute atomic E-state index is 0.0298. The topological polar surface area (TPSA) is 81.0 Å². The first kappa shape index (κ1) is 23.6.